The van der Waals surface area contributed by atoms with E-state index in [0.717, 1.165) is 16.3 Å². The van der Waals surface area contributed by atoms with Crippen LogP contribution in [0.15, 0.2) is 77.5 Å². The summed E-state index contributed by atoms with van der Waals surface area (Å²) in [5.41, 5.74) is 6.77. The van der Waals surface area contributed by atoms with Crippen LogP contribution in [0.1, 0.15) is 20.8 Å². The predicted molar refractivity (Wildman–Crippen MR) is 102 cm³/mol. The Bertz CT molecular complexity index is 1160. The number of benzene rings is 3. The molecule has 0 aliphatic heterocycles. The zero-order valence-corrected chi connectivity index (χ0v) is 14.2. The number of anilines is 1. The summed E-state index contributed by atoms with van der Waals surface area (Å²) in [6.45, 7) is 0. The average Bonchev–Trinajstić information content (AvgIpc) is 3.18. The van der Waals surface area contributed by atoms with Crippen molar-refractivity contribution in [2.75, 3.05) is 5.32 Å². The van der Waals surface area contributed by atoms with E-state index in [9.17, 15) is 9.59 Å². The second-order valence-corrected chi connectivity index (χ2v) is 5.96. The van der Waals surface area contributed by atoms with Gasteiger partial charge in [0.1, 0.15) is 0 Å². The molecule has 132 valence electrons. The van der Waals surface area contributed by atoms with E-state index >= 15 is 0 Å². The van der Waals surface area contributed by atoms with E-state index in [4.69, 9.17) is 10.2 Å². The Balaban J connectivity index is 1.69. The van der Waals surface area contributed by atoms with Crippen molar-refractivity contribution in [1.82, 2.24) is 4.98 Å². The Hall–Kier alpha value is -3.93. The van der Waals surface area contributed by atoms with Crippen molar-refractivity contribution in [1.29, 1.82) is 0 Å². The number of nitrogens with one attached hydrogen (secondary N) is 1. The highest BCUT2D eigenvalue weighted by molar-refractivity contribution is 6.10. The van der Waals surface area contributed by atoms with E-state index in [2.05, 4.69) is 10.3 Å². The maximum absolute atomic E-state index is 12.7. The Morgan fingerprint density at radius 2 is 1.67 bits per heavy atom. The van der Waals surface area contributed by atoms with Crippen molar-refractivity contribution < 1.29 is 14.0 Å². The van der Waals surface area contributed by atoms with Crippen molar-refractivity contribution in [3.8, 4) is 11.3 Å². The number of amides is 2. The van der Waals surface area contributed by atoms with Crippen LogP contribution >= 0.6 is 0 Å². The number of carbonyl (C=O) groups is 2. The van der Waals surface area contributed by atoms with Crippen LogP contribution in [-0.4, -0.2) is 16.8 Å². The van der Waals surface area contributed by atoms with E-state index in [1.54, 1.807) is 24.3 Å². The first-order chi connectivity index (χ1) is 13.1. The summed E-state index contributed by atoms with van der Waals surface area (Å²) in [6.07, 6.45) is 1.22. The normalized spacial score (nSPS) is 10.7. The van der Waals surface area contributed by atoms with Gasteiger partial charge in [-0.25, -0.2) is 4.98 Å². The van der Waals surface area contributed by atoms with E-state index in [0.29, 0.717) is 11.4 Å². The number of hydrogen-bond acceptors (Lipinski definition) is 4. The van der Waals surface area contributed by atoms with Gasteiger partial charge in [0, 0.05) is 5.56 Å². The fourth-order valence-corrected chi connectivity index (χ4v) is 2.93. The second-order valence-electron chi connectivity index (χ2n) is 5.96. The van der Waals surface area contributed by atoms with Crippen LogP contribution in [0.25, 0.3) is 22.1 Å². The minimum absolute atomic E-state index is 0.129. The number of para-hydroxylation sites is 1. The number of nitrogens with two attached hydrogens (primary N) is 1. The van der Waals surface area contributed by atoms with Gasteiger partial charge in [-0.1, -0.05) is 48.5 Å². The van der Waals surface area contributed by atoms with Gasteiger partial charge in [-0.2, -0.15) is 0 Å². The van der Waals surface area contributed by atoms with E-state index in [-0.39, 0.29) is 11.3 Å². The first-order valence-corrected chi connectivity index (χ1v) is 8.26. The van der Waals surface area contributed by atoms with E-state index < -0.39 is 11.8 Å². The summed E-state index contributed by atoms with van der Waals surface area (Å²) in [5.74, 6) is -0.753. The van der Waals surface area contributed by atoms with Gasteiger partial charge in [-0.05, 0) is 29.0 Å². The number of rotatable bonds is 4. The highest BCUT2D eigenvalue weighted by Crippen LogP contribution is 2.27. The van der Waals surface area contributed by atoms with Gasteiger partial charge in [-0.15, -0.1) is 0 Å². The summed E-state index contributed by atoms with van der Waals surface area (Å²) < 4.78 is 5.47. The zero-order chi connectivity index (χ0) is 18.8. The van der Waals surface area contributed by atoms with E-state index in [1.807, 2.05) is 42.5 Å². The van der Waals surface area contributed by atoms with Crippen molar-refractivity contribution in [3.63, 3.8) is 0 Å². The molecule has 27 heavy (non-hydrogen) atoms. The number of hydrogen-bond donors (Lipinski definition) is 2. The minimum atomic E-state index is -0.624. The molecule has 0 radical (unpaired) electrons. The van der Waals surface area contributed by atoms with Crippen LogP contribution in [0, 0.1) is 0 Å². The first-order valence-electron chi connectivity index (χ1n) is 8.26. The van der Waals surface area contributed by atoms with Crippen LogP contribution in [0.2, 0.25) is 0 Å². The van der Waals surface area contributed by atoms with Crippen molar-refractivity contribution >= 4 is 28.3 Å². The molecule has 0 aliphatic rings. The minimum Gasteiger partial charge on any atom is -0.443 e. The maximum atomic E-state index is 12.7. The predicted octanol–water partition coefficient (Wildman–Crippen LogP) is 3.85. The summed E-state index contributed by atoms with van der Waals surface area (Å²) in [4.78, 5) is 28.3. The SMILES string of the molecule is NC(=O)c1ccccc1NC(=O)c1ncoc1-c1ccc2ccccc2c1. The van der Waals surface area contributed by atoms with Gasteiger partial charge < -0.3 is 15.5 Å². The molecule has 1 heterocycles. The molecule has 0 unspecified atom stereocenters. The lowest BCUT2D eigenvalue weighted by Crippen LogP contribution is -2.18. The summed E-state index contributed by atoms with van der Waals surface area (Å²) in [6, 6.07) is 20.2. The molecule has 0 spiro atoms. The van der Waals surface area contributed by atoms with Crippen LogP contribution in [0.4, 0.5) is 5.69 Å². The van der Waals surface area contributed by atoms with Crippen molar-refractivity contribution in [2.45, 2.75) is 0 Å². The largest absolute Gasteiger partial charge is 0.443 e. The quantitative estimate of drug-likeness (QED) is 0.579. The van der Waals surface area contributed by atoms with Gasteiger partial charge in [-0.3, -0.25) is 9.59 Å². The first kappa shape index (κ1) is 16.5. The van der Waals surface area contributed by atoms with Crippen LogP contribution in [0.3, 0.4) is 0 Å². The van der Waals surface area contributed by atoms with Gasteiger partial charge in [0.15, 0.2) is 17.8 Å². The molecule has 3 N–H and O–H groups in total. The Morgan fingerprint density at radius 3 is 2.48 bits per heavy atom. The molecule has 0 fully saturated rings. The zero-order valence-electron chi connectivity index (χ0n) is 14.2. The molecule has 6 heteroatoms. The number of primary amides is 1. The summed E-state index contributed by atoms with van der Waals surface area (Å²) in [5, 5.41) is 4.79. The standard InChI is InChI=1S/C21H15N3O3/c22-20(25)16-7-3-4-8-17(16)24-21(26)18-19(27-12-23-18)15-10-9-13-5-1-2-6-14(13)11-15/h1-12H,(H2,22,25)(H,24,26). The van der Waals surface area contributed by atoms with Gasteiger partial charge >= 0.3 is 0 Å². The molecule has 4 aromatic rings. The third-order valence-electron chi connectivity index (χ3n) is 4.23. The smallest absolute Gasteiger partial charge is 0.278 e. The molecule has 6 nitrogen and oxygen atoms in total. The molecule has 3 aromatic carbocycles. The molecule has 4 rings (SSSR count). The molecule has 0 bridgehead atoms. The topological polar surface area (TPSA) is 98.2 Å². The third kappa shape index (κ3) is 3.16. The highest BCUT2D eigenvalue weighted by Gasteiger charge is 2.20. The number of carbonyl (C=O) groups excluding carboxylic acids is 2. The van der Waals surface area contributed by atoms with Crippen LogP contribution < -0.4 is 11.1 Å². The number of oxazole rings is 1. The molecular formula is C21H15N3O3. The summed E-state index contributed by atoms with van der Waals surface area (Å²) >= 11 is 0. The molecule has 1 aromatic heterocycles. The highest BCUT2D eigenvalue weighted by atomic mass is 16.3. The fourth-order valence-electron chi connectivity index (χ4n) is 2.93. The lowest BCUT2D eigenvalue weighted by atomic mass is 10.0. The van der Waals surface area contributed by atoms with Gasteiger partial charge in [0.05, 0.1) is 11.3 Å². The third-order valence-corrected chi connectivity index (χ3v) is 4.23. The molecule has 0 saturated heterocycles. The van der Waals surface area contributed by atoms with E-state index in [1.165, 1.54) is 6.39 Å². The number of nitrogens with zero attached hydrogens (tertiary/aromatic N) is 1. The lowest BCUT2D eigenvalue weighted by molar-refractivity contribution is 0.100. The van der Waals surface area contributed by atoms with Gasteiger partial charge in [0.25, 0.3) is 11.8 Å². The summed E-state index contributed by atoms with van der Waals surface area (Å²) in [7, 11) is 0. The Kier molecular flexibility index (Phi) is 4.14. The Morgan fingerprint density at radius 1 is 0.926 bits per heavy atom. The molecule has 0 saturated carbocycles. The molecular weight excluding hydrogens is 342 g/mol. The second kappa shape index (κ2) is 6.76. The molecule has 2 amide bonds. The Labute approximate surface area is 154 Å². The maximum Gasteiger partial charge on any atom is 0.278 e. The van der Waals surface area contributed by atoms with Gasteiger partial charge in [0.2, 0.25) is 0 Å². The lowest BCUT2D eigenvalue weighted by Gasteiger charge is -2.08. The van der Waals surface area contributed by atoms with Crippen LogP contribution in [0.5, 0.6) is 0 Å². The van der Waals surface area contributed by atoms with Crippen molar-refractivity contribution in [3.05, 3.63) is 84.4 Å². The number of fused-ring (bicyclic) bond motifs is 1. The van der Waals surface area contributed by atoms with Crippen LogP contribution in [-0.2, 0) is 0 Å². The number of aromatic nitrogens is 1. The fraction of sp³-hybridized carbons (Fsp3) is 0. The van der Waals surface area contributed by atoms with Crippen molar-refractivity contribution in [2.24, 2.45) is 5.73 Å². The molecule has 0 atom stereocenters. The monoisotopic (exact) mass is 357 g/mol. The molecule has 0 aliphatic carbocycles. The average molecular weight is 357 g/mol.